The Bertz CT molecular complexity index is 921. The number of nitrogens with zero attached hydrogens (tertiary/aromatic N) is 1. The number of carbonyl (C=O) groups excluding carboxylic acids is 2. The number of primary amides is 1. The van der Waals surface area contributed by atoms with Crippen molar-refractivity contribution >= 4 is 11.8 Å². The highest BCUT2D eigenvalue weighted by atomic mass is 16.5. The number of amides is 2. The lowest BCUT2D eigenvalue weighted by molar-refractivity contribution is -0.167. The minimum atomic E-state index is -1.24. The lowest BCUT2D eigenvalue weighted by Gasteiger charge is -2.41. The summed E-state index contributed by atoms with van der Waals surface area (Å²) in [4.78, 5) is 27.0. The summed E-state index contributed by atoms with van der Waals surface area (Å²) in [6.45, 7) is 3.53. The number of morpholine rings is 1. The van der Waals surface area contributed by atoms with Gasteiger partial charge in [0.1, 0.15) is 6.10 Å². The molecule has 2 heterocycles. The topological polar surface area (TPSA) is 81.9 Å². The Kier molecular flexibility index (Phi) is 5.88. The molecule has 30 heavy (non-hydrogen) atoms. The molecule has 4 rings (SSSR count). The molecule has 0 unspecified atom stereocenters. The van der Waals surface area contributed by atoms with E-state index >= 15 is 0 Å². The van der Waals surface area contributed by atoms with Gasteiger partial charge in [0.2, 0.25) is 0 Å². The van der Waals surface area contributed by atoms with Crippen LogP contribution in [0.4, 0.5) is 0 Å². The van der Waals surface area contributed by atoms with Gasteiger partial charge in [-0.3, -0.25) is 9.59 Å². The van der Waals surface area contributed by atoms with Crippen LogP contribution in [0.15, 0.2) is 48.5 Å². The van der Waals surface area contributed by atoms with E-state index in [4.69, 9.17) is 15.2 Å². The fraction of sp³-hybridized carbons (Fsp3) is 0.417. The third kappa shape index (κ3) is 4.25. The van der Waals surface area contributed by atoms with Gasteiger partial charge in [0, 0.05) is 19.6 Å². The molecule has 2 aromatic carbocycles. The first-order chi connectivity index (χ1) is 14.5. The minimum Gasteiger partial charge on any atom is -0.368 e. The highest BCUT2D eigenvalue weighted by Crippen LogP contribution is 2.28. The van der Waals surface area contributed by atoms with E-state index in [1.165, 1.54) is 5.56 Å². The first kappa shape index (κ1) is 20.6. The van der Waals surface area contributed by atoms with Gasteiger partial charge in [0.05, 0.1) is 13.2 Å². The first-order valence-electron chi connectivity index (χ1n) is 10.5. The quantitative estimate of drug-likeness (QED) is 0.824. The SMILES string of the molecule is Cc1ccc(-c2cccc(C[C@]3(C(N)=O)CN(C(=O)[C@@H]4CCCO4)CCO3)c2)cc1. The molecule has 0 spiro atoms. The Balaban J connectivity index is 1.56. The summed E-state index contributed by atoms with van der Waals surface area (Å²) < 4.78 is 11.5. The Morgan fingerprint density at radius 1 is 1.13 bits per heavy atom. The second-order valence-electron chi connectivity index (χ2n) is 8.21. The van der Waals surface area contributed by atoms with Crippen molar-refractivity contribution in [2.75, 3.05) is 26.3 Å². The van der Waals surface area contributed by atoms with E-state index in [0.717, 1.165) is 29.5 Å². The van der Waals surface area contributed by atoms with Crippen LogP contribution in [0.2, 0.25) is 0 Å². The van der Waals surface area contributed by atoms with Crippen LogP contribution in [0.5, 0.6) is 0 Å². The standard InChI is InChI=1S/C24H28N2O4/c1-17-7-9-19(10-8-17)20-5-2-4-18(14-20)15-24(23(25)28)16-26(11-13-30-24)22(27)21-6-3-12-29-21/h2,4-5,7-10,14,21H,3,6,11-13,15-16H2,1H3,(H2,25,28)/t21-,24+/m0/s1. The van der Waals surface area contributed by atoms with Gasteiger partial charge < -0.3 is 20.1 Å². The normalized spacial score (nSPS) is 24.0. The summed E-state index contributed by atoms with van der Waals surface area (Å²) in [7, 11) is 0. The van der Waals surface area contributed by atoms with Gasteiger partial charge in [-0.25, -0.2) is 0 Å². The average molecular weight is 408 g/mol. The second kappa shape index (κ2) is 8.58. The maximum absolute atomic E-state index is 12.8. The van der Waals surface area contributed by atoms with Crippen LogP contribution in [-0.4, -0.2) is 54.7 Å². The van der Waals surface area contributed by atoms with Crippen molar-refractivity contribution in [2.24, 2.45) is 5.73 Å². The Labute approximate surface area is 177 Å². The molecule has 2 atom stereocenters. The summed E-state index contributed by atoms with van der Waals surface area (Å²) in [5.74, 6) is -0.622. The van der Waals surface area contributed by atoms with Gasteiger partial charge in [-0.15, -0.1) is 0 Å². The van der Waals surface area contributed by atoms with Gasteiger partial charge in [-0.2, -0.15) is 0 Å². The summed E-state index contributed by atoms with van der Waals surface area (Å²) in [5.41, 5.74) is 8.88. The Hall–Kier alpha value is -2.70. The van der Waals surface area contributed by atoms with E-state index in [1.54, 1.807) is 4.90 Å². The molecule has 0 saturated carbocycles. The molecule has 6 heteroatoms. The first-order valence-corrected chi connectivity index (χ1v) is 10.5. The lowest BCUT2D eigenvalue weighted by atomic mass is 9.90. The van der Waals surface area contributed by atoms with E-state index in [1.807, 2.05) is 18.2 Å². The van der Waals surface area contributed by atoms with Crippen LogP contribution in [0.25, 0.3) is 11.1 Å². The number of aryl methyl sites for hydroxylation is 1. The highest BCUT2D eigenvalue weighted by molar-refractivity contribution is 5.87. The highest BCUT2D eigenvalue weighted by Gasteiger charge is 2.45. The molecular formula is C24H28N2O4. The van der Waals surface area contributed by atoms with Crippen molar-refractivity contribution in [3.8, 4) is 11.1 Å². The molecule has 158 valence electrons. The fourth-order valence-electron chi connectivity index (χ4n) is 4.23. The predicted octanol–water partition coefficient (Wildman–Crippen LogP) is 2.47. The second-order valence-corrected chi connectivity index (χ2v) is 8.21. The summed E-state index contributed by atoms with van der Waals surface area (Å²) in [6, 6.07) is 16.3. The number of benzene rings is 2. The van der Waals surface area contributed by atoms with Crippen LogP contribution in [0.3, 0.4) is 0 Å². The van der Waals surface area contributed by atoms with E-state index in [9.17, 15) is 9.59 Å². The predicted molar refractivity (Wildman–Crippen MR) is 114 cm³/mol. The van der Waals surface area contributed by atoms with E-state index < -0.39 is 17.6 Å². The van der Waals surface area contributed by atoms with Crippen molar-refractivity contribution in [1.29, 1.82) is 0 Å². The smallest absolute Gasteiger partial charge is 0.251 e. The number of carbonyl (C=O) groups is 2. The molecule has 0 radical (unpaired) electrons. The summed E-state index contributed by atoms with van der Waals surface area (Å²) >= 11 is 0. The van der Waals surface area contributed by atoms with E-state index in [-0.39, 0.29) is 19.1 Å². The number of nitrogens with two attached hydrogens (primary N) is 1. The molecule has 0 aromatic heterocycles. The van der Waals surface area contributed by atoms with Crippen LogP contribution >= 0.6 is 0 Å². The zero-order chi connectivity index (χ0) is 21.1. The Morgan fingerprint density at radius 3 is 2.63 bits per heavy atom. The molecule has 2 saturated heterocycles. The molecule has 2 aromatic rings. The maximum Gasteiger partial charge on any atom is 0.251 e. The lowest BCUT2D eigenvalue weighted by Crippen LogP contribution is -2.62. The van der Waals surface area contributed by atoms with Crippen LogP contribution in [0.1, 0.15) is 24.0 Å². The number of rotatable bonds is 5. The van der Waals surface area contributed by atoms with Crippen molar-refractivity contribution in [3.05, 3.63) is 59.7 Å². The monoisotopic (exact) mass is 408 g/mol. The van der Waals surface area contributed by atoms with Crippen LogP contribution < -0.4 is 5.73 Å². The van der Waals surface area contributed by atoms with Crippen LogP contribution in [-0.2, 0) is 25.5 Å². The molecule has 0 aliphatic carbocycles. The van der Waals surface area contributed by atoms with Crippen LogP contribution in [0, 0.1) is 6.92 Å². The molecule has 2 fully saturated rings. The van der Waals surface area contributed by atoms with Crippen molar-refractivity contribution in [2.45, 2.75) is 37.9 Å². The zero-order valence-electron chi connectivity index (χ0n) is 17.3. The van der Waals surface area contributed by atoms with E-state index in [2.05, 4.69) is 37.3 Å². The van der Waals surface area contributed by atoms with Crippen molar-refractivity contribution < 1.29 is 19.1 Å². The Morgan fingerprint density at radius 2 is 1.93 bits per heavy atom. The van der Waals surface area contributed by atoms with E-state index in [0.29, 0.717) is 19.6 Å². The minimum absolute atomic E-state index is 0.0742. The van der Waals surface area contributed by atoms with Gasteiger partial charge in [-0.05, 0) is 36.5 Å². The van der Waals surface area contributed by atoms with Gasteiger partial charge in [0.15, 0.2) is 5.60 Å². The number of hydrogen-bond donors (Lipinski definition) is 1. The zero-order valence-corrected chi connectivity index (χ0v) is 17.3. The molecule has 2 N–H and O–H groups in total. The molecule has 2 aliphatic rings. The maximum atomic E-state index is 12.8. The summed E-state index contributed by atoms with van der Waals surface area (Å²) in [6.07, 6.45) is 1.50. The number of hydrogen-bond acceptors (Lipinski definition) is 4. The molecule has 6 nitrogen and oxygen atoms in total. The molecular weight excluding hydrogens is 380 g/mol. The number of ether oxygens (including phenoxy) is 2. The third-order valence-electron chi connectivity index (χ3n) is 5.95. The van der Waals surface area contributed by atoms with Crippen molar-refractivity contribution in [1.82, 2.24) is 4.90 Å². The fourth-order valence-corrected chi connectivity index (χ4v) is 4.23. The largest absolute Gasteiger partial charge is 0.368 e. The average Bonchev–Trinajstić information content (AvgIpc) is 3.29. The molecule has 2 aliphatic heterocycles. The third-order valence-corrected chi connectivity index (χ3v) is 5.95. The molecule has 2 amide bonds. The molecule has 0 bridgehead atoms. The van der Waals surface area contributed by atoms with Gasteiger partial charge in [-0.1, -0.05) is 54.1 Å². The van der Waals surface area contributed by atoms with Crippen molar-refractivity contribution in [3.63, 3.8) is 0 Å². The van der Waals surface area contributed by atoms with Gasteiger partial charge in [0.25, 0.3) is 11.8 Å². The van der Waals surface area contributed by atoms with Gasteiger partial charge >= 0.3 is 0 Å². The summed E-state index contributed by atoms with van der Waals surface area (Å²) in [5, 5.41) is 0.